The second-order valence-corrected chi connectivity index (χ2v) is 6.27. The quantitative estimate of drug-likeness (QED) is 0.742. The molecule has 2 heterocycles. The number of anilines is 1. The Morgan fingerprint density at radius 2 is 1.89 bits per heavy atom. The van der Waals surface area contributed by atoms with Crippen LogP contribution >= 0.6 is 0 Å². The molecule has 0 aliphatic carbocycles. The number of amides is 1. The molecule has 0 bridgehead atoms. The summed E-state index contributed by atoms with van der Waals surface area (Å²) in [5, 5.41) is 3.43. The van der Waals surface area contributed by atoms with Crippen molar-refractivity contribution in [1.29, 1.82) is 0 Å². The van der Waals surface area contributed by atoms with Gasteiger partial charge in [-0.2, -0.15) is 0 Å². The highest BCUT2D eigenvalue weighted by molar-refractivity contribution is 5.91. The number of aromatic amines is 1. The fourth-order valence-electron chi connectivity index (χ4n) is 3.01. The van der Waals surface area contributed by atoms with Crippen molar-refractivity contribution in [3.05, 3.63) is 64.2 Å². The molecule has 7 heteroatoms. The van der Waals surface area contributed by atoms with Crippen molar-refractivity contribution in [2.24, 2.45) is 0 Å². The van der Waals surface area contributed by atoms with E-state index in [-0.39, 0.29) is 24.3 Å². The molecule has 1 aliphatic rings. The number of hydrogen-bond acceptors (Lipinski definition) is 4. The highest BCUT2D eigenvalue weighted by Gasteiger charge is 2.14. The lowest BCUT2D eigenvalue weighted by molar-refractivity contribution is -0.116. The van der Waals surface area contributed by atoms with E-state index in [2.05, 4.69) is 10.3 Å². The number of aromatic nitrogens is 1. The monoisotopic (exact) mass is 368 g/mol. The van der Waals surface area contributed by atoms with Gasteiger partial charge in [-0.05, 0) is 36.8 Å². The van der Waals surface area contributed by atoms with Crippen LogP contribution in [0.3, 0.4) is 0 Å². The van der Waals surface area contributed by atoms with Crippen molar-refractivity contribution < 1.29 is 18.7 Å². The van der Waals surface area contributed by atoms with E-state index in [1.54, 1.807) is 18.2 Å². The Bertz CT molecular complexity index is 1080. The first-order valence-electron chi connectivity index (χ1n) is 8.59. The minimum Gasteiger partial charge on any atom is -0.486 e. The smallest absolute Gasteiger partial charge is 0.251 e. The Labute approximate surface area is 153 Å². The van der Waals surface area contributed by atoms with Crippen LogP contribution in [0.15, 0.2) is 47.3 Å². The van der Waals surface area contributed by atoms with Crippen molar-refractivity contribution in [2.45, 2.75) is 12.8 Å². The van der Waals surface area contributed by atoms with Crippen molar-refractivity contribution in [1.82, 2.24) is 4.98 Å². The van der Waals surface area contributed by atoms with Crippen LogP contribution in [0, 0.1) is 5.82 Å². The number of benzene rings is 2. The number of rotatable bonds is 4. The second kappa shape index (κ2) is 7.11. The molecule has 2 aromatic carbocycles. The van der Waals surface area contributed by atoms with Gasteiger partial charge < -0.3 is 19.8 Å². The minimum atomic E-state index is -0.423. The van der Waals surface area contributed by atoms with Gasteiger partial charge in [0.2, 0.25) is 5.91 Å². The summed E-state index contributed by atoms with van der Waals surface area (Å²) in [6.45, 7) is 0.955. The number of carbonyl (C=O) groups excluding carboxylic acids is 1. The topological polar surface area (TPSA) is 80.4 Å². The highest BCUT2D eigenvalue weighted by Crippen LogP contribution is 2.33. The van der Waals surface area contributed by atoms with Crippen LogP contribution in [0.2, 0.25) is 0 Å². The molecule has 0 spiro atoms. The van der Waals surface area contributed by atoms with E-state index >= 15 is 0 Å². The Morgan fingerprint density at radius 1 is 1.11 bits per heavy atom. The van der Waals surface area contributed by atoms with E-state index in [9.17, 15) is 14.0 Å². The van der Waals surface area contributed by atoms with Gasteiger partial charge in [-0.3, -0.25) is 9.59 Å². The summed E-state index contributed by atoms with van der Waals surface area (Å²) < 4.78 is 24.3. The SMILES string of the molecule is O=C(CCc1cc2cc3c(cc2[nH]c1=O)OCCO3)Nc1cccc(F)c1. The first kappa shape index (κ1) is 17.1. The number of aryl methyl sites for hydroxylation is 1. The molecule has 0 unspecified atom stereocenters. The number of H-pyrrole nitrogens is 1. The Morgan fingerprint density at radius 3 is 2.67 bits per heavy atom. The predicted octanol–water partition coefficient (Wildman–Crippen LogP) is 3.01. The van der Waals surface area contributed by atoms with E-state index in [0.29, 0.717) is 41.5 Å². The van der Waals surface area contributed by atoms with Crippen molar-refractivity contribution >= 4 is 22.5 Å². The van der Waals surface area contributed by atoms with Crippen molar-refractivity contribution in [3.8, 4) is 11.5 Å². The van der Waals surface area contributed by atoms with Crippen LogP contribution in [0.4, 0.5) is 10.1 Å². The first-order valence-corrected chi connectivity index (χ1v) is 8.59. The van der Waals surface area contributed by atoms with Gasteiger partial charge >= 0.3 is 0 Å². The molecule has 138 valence electrons. The third-order valence-electron chi connectivity index (χ3n) is 4.31. The summed E-state index contributed by atoms with van der Waals surface area (Å²) in [6, 6.07) is 11.0. The third-order valence-corrected chi connectivity index (χ3v) is 4.31. The number of carbonyl (C=O) groups is 1. The molecule has 1 amide bonds. The van der Waals surface area contributed by atoms with Gasteiger partial charge in [0.25, 0.3) is 5.56 Å². The first-order chi connectivity index (χ1) is 13.1. The molecule has 2 N–H and O–H groups in total. The molecule has 0 radical (unpaired) electrons. The molecule has 3 aromatic rings. The maximum atomic E-state index is 13.2. The number of ether oxygens (including phenoxy) is 2. The van der Waals surface area contributed by atoms with Gasteiger partial charge in [-0.1, -0.05) is 6.07 Å². The van der Waals surface area contributed by atoms with Gasteiger partial charge in [-0.15, -0.1) is 0 Å². The summed E-state index contributed by atoms with van der Waals surface area (Å²) in [4.78, 5) is 27.2. The molecule has 1 aliphatic heterocycles. The van der Waals surface area contributed by atoms with Crippen LogP contribution < -0.4 is 20.3 Å². The molecule has 27 heavy (non-hydrogen) atoms. The van der Waals surface area contributed by atoms with Crippen LogP contribution in [0.1, 0.15) is 12.0 Å². The van der Waals surface area contributed by atoms with E-state index < -0.39 is 5.82 Å². The Balaban J connectivity index is 1.50. The summed E-state index contributed by atoms with van der Waals surface area (Å²) in [5.41, 5.74) is 1.28. The lowest BCUT2D eigenvalue weighted by Crippen LogP contribution is -2.18. The van der Waals surface area contributed by atoms with Gasteiger partial charge in [-0.25, -0.2) is 4.39 Å². The number of fused-ring (bicyclic) bond motifs is 2. The summed E-state index contributed by atoms with van der Waals surface area (Å²) in [5.74, 6) is 0.526. The normalized spacial score (nSPS) is 12.8. The van der Waals surface area contributed by atoms with E-state index in [1.807, 2.05) is 6.07 Å². The average molecular weight is 368 g/mol. The van der Waals surface area contributed by atoms with E-state index in [1.165, 1.54) is 18.2 Å². The van der Waals surface area contributed by atoms with Crippen LogP contribution in [-0.4, -0.2) is 24.1 Å². The zero-order valence-corrected chi connectivity index (χ0v) is 14.4. The summed E-state index contributed by atoms with van der Waals surface area (Å²) in [6.07, 6.45) is 0.372. The van der Waals surface area contributed by atoms with Gasteiger partial charge in [0.15, 0.2) is 11.5 Å². The van der Waals surface area contributed by atoms with Crippen LogP contribution in [0.25, 0.3) is 10.9 Å². The fraction of sp³-hybridized carbons (Fsp3) is 0.200. The number of pyridine rings is 1. The second-order valence-electron chi connectivity index (χ2n) is 6.27. The third kappa shape index (κ3) is 3.76. The molecule has 4 rings (SSSR count). The zero-order valence-electron chi connectivity index (χ0n) is 14.4. The Hall–Kier alpha value is -3.35. The minimum absolute atomic E-state index is 0.107. The summed E-state index contributed by atoms with van der Waals surface area (Å²) in [7, 11) is 0. The number of hydrogen-bond donors (Lipinski definition) is 2. The predicted molar refractivity (Wildman–Crippen MR) is 98.9 cm³/mol. The standard InChI is InChI=1S/C20H17FN2O4/c21-14-2-1-3-15(10-14)22-19(24)5-4-12-8-13-9-17-18(27-7-6-26-17)11-16(13)23-20(12)25/h1-3,8-11H,4-7H2,(H,22,24)(H,23,25). The molecule has 1 aromatic heterocycles. The van der Waals surface area contributed by atoms with Crippen molar-refractivity contribution in [2.75, 3.05) is 18.5 Å². The molecule has 0 atom stereocenters. The van der Waals surface area contributed by atoms with Crippen molar-refractivity contribution in [3.63, 3.8) is 0 Å². The molecule has 6 nitrogen and oxygen atoms in total. The lowest BCUT2D eigenvalue weighted by Gasteiger charge is -2.18. The largest absolute Gasteiger partial charge is 0.486 e. The molecule has 0 saturated heterocycles. The van der Waals surface area contributed by atoms with Crippen LogP contribution in [0.5, 0.6) is 11.5 Å². The van der Waals surface area contributed by atoms with Gasteiger partial charge in [0.1, 0.15) is 19.0 Å². The molecular formula is C20H17FN2O4. The fourth-order valence-corrected chi connectivity index (χ4v) is 3.01. The van der Waals surface area contributed by atoms with Crippen LogP contribution in [-0.2, 0) is 11.2 Å². The number of nitrogens with one attached hydrogen (secondary N) is 2. The lowest BCUT2D eigenvalue weighted by atomic mass is 10.1. The van der Waals surface area contributed by atoms with Gasteiger partial charge in [0.05, 0.1) is 5.52 Å². The zero-order chi connectivity index (χ0) is 18.8. The summed E-state index contributed by atoms with van der Waals surface area (Å²) >= 11 is 0. The molecule has 0 fully saturated rings. The Kier molecular flexibility index (Phi) is 4.50. The van der Waals surface area contributed by atoms with Gasteiger partial charge in [0, 0.05) is 29.1 Å². The van der Waals surface area contributed by atoms with E-state index in [4.69, 9.17) is 9.47 Å². The maximum absolute atomic E-state index is 13.2. The molecule has 0 saturated carbocycles. The highest BCUT2D eigenvalue weighted by atomic mass is 19.1. The number of halogens is 1. The maximum Gasteiger partial charge on any atom is 0.251 e. The average Bonchev–Trinajstić information content (AvgIpc) is 2.65. The molecular weight excluding hydrogens is 351 g/mol. The van der Waals surface area contributed by atoms with E-state index in [0.717, 1.165) is 5.39 Å².